The number of hydrogen-bond acceptors (Lipinski definition) is 4. The van der Waals surface area contributed by atoms with Gasteiger partial charge in [0.15, 0.2) is 6.04 Å². The van der Waals surface area contributed by atoms with Crippen molar-refractivity contribution in [1.29, 1.82) is 0 Å². The van der Waals surface area contributed by atoms with Gasteiger partial charge in [-0.3, -0.25) is 4.99 Å². The number of aryl methyl sites for hydroxylation is 1. The molecule has 4 nitrogen and oxygen atoms in total. The Labute approximate surface area is 101 Å². The van der Waals surface area contributed by atoms with Crippen molar-refractivity contribution in [3.8, 4) is 0 Å². The minimum Gasteiger partial charge on any atom is -0.467 e. The van der Waals surface area contributed by atoms with Gasteiger partial charge in [0, 0.05) is 5.71 Å². The maximum absolute atomic E-state index is 11.3. The summed E-state index contributed by atoms with van der Waals surface area (Å²) < 4.78 is 4.56. The number of hydrogen-bond donors (Lipinski definition) is 1. The molecule has 1 aromatic rings. The van der Waals surface area contributed by atoms with Gasteiger partial charge in [-0.05, 0) is 25.0 Å². The summed E-state index contributed by atoms with van der Waals surface area (Å²) in [5, 5.41) is 9.08. The molecule has 1 aromatic carbocycles. The summed E-state index contributed by atoms with van der Waals surface area (Å²) >= 11 is 0. The van der Waals surface area contributed by atoms with Crippen molar-refractivity contribution in [2.45, 2.75) is 19.9 Å². The first-order valence-electron chi connectivity index (χ1n) is 5.39. The lowest BCUT2D eigenvalue weighted by Crippen LogP contribution is -2.25. The van der Waals surface area contributed by atoms with E-state index in [9.17, 15) is 4.79 Å². The number of rotatable bonds is 4. The number of ether oxygens (including phenoxy) is 1. The summed E-state index contributed by atoms with van der Waals surface area (Å²) in [5.74, 6) is -0.527. The van der Waals surface area contributed by atoms with E-state index in [2.05, 4.69) is 9.73 Å². The van der Waals surface area contributed by atoms with Crippen LogP contribution in [0.25, 0.3) is 0 Å². The summed E-state index contributed by atoms with van der Waals surface area (Å²) in [6.07, 6.45) is 0. The normalized spacial score (nSPS) is 13.3. The second-order valence-corrected chi connectivity index (χ2v) is 3.75. The van der Waals surface area contributed by atoms with Gasteiger partial charge in [0.25, 0.3) is 0 Å². The smallest absolute Gasteiger partial charge is 0.333 e. The lowest BCUT2D eigenvalue weighted by Gasteiger charge is -2.10. The molecule has 0 aliphatic heterocycles. The molecule has 1 N–H and O–H groups in total. The Kier molecular flexibility index (Phi) is 4.84. The van der Waals surface area contributed by atoms with E-state index in [4.69, 9.17) is 5.11 Å². The molecule has 0 spiro atoms. The minimum atomic E-state index is -0.848. The topological polar surface area (TPSA) is 58.9 Å². The minimum absolute atomic E-state index is 0.351. The van der Waals surface area contributed by atoms with Crippen LogP contribution < -0.4 is 0 Å². The number of aliphatic imine (C=N–C) groups is 1. The van der Waals surface area contributed by atoms with Crippen LogP contribution in [0.15, 0.2) is 29.3 Å². The SMILES string of the molecule is COC(=O)[C@H](CO)N=C(C)c1ccccc1C. The van der Waals surface area contributed by atoms with Crippen LogP contribution in [0.3, 0.4) is 0 Å². The van der Waals surface area contributed by atoms with E-state index in [1.165, 1.54) is 7.11 Å². The number of carbonyl (C=O) groups excluding carboxylic acids is 1. The van der Waals surface area contributed by atoms with Gasteiger partial charge in [-0.25, -0.2) is 4.79 Å². The monoisotopic (exact) mass is 235 g/mol. The summed E-state index contributed by atoms with van der Waals surface area (Å²) in [7, 11) is 1.28. The van der Waals surface area contributed by atoms with E-state index >= 15 is 0 Å². The van der Waals surface area contributed by atoms with Crippen LogP contribution in [0.2, 0.25) is 0 Å². The molecule has 0 unspecified atom stereocenters. The first-order valence-corrected chi connectivity index (χ1v) is 5.39. The molecule has 1 rings (SSSR count). The quantitative estimate of drug-likeness (QED) is 0.633. The molecule has 0 aromatic heterocycles. The van der Waals surface area contributed by atoms with Crippen molar-refractivity contribution in [3.63, 3.8) is 0 Å². The fourth-order valence-electron chi connectivity index (χ4n) is 1.59. The molecular formula is C13H17NO3. The standard InChI is InChI=1S/C13H17NO3/c1-9-6-4-5-7-11(9)10(2)14-12(8-15)13(16)17-3/h4-7,12,15H,8H2,1-3H3/t12-/m0/s1. The number of aliphatic hydroxyl groups excluding tert-OH is 1. The van der Waals surface area contributed by atoms with E-state index in [1.807, 2.05) is 38.1 Å². The molecule has 0 heterocycles. The molecule has 0 bridgehead atoms. The van der Waals surface area contributed by atoms with Crippen molar-refractivity contribution in [2.75, 3.05) is 13.7 Å². The van der Waals surface area contributed by atoms with Crippen LogP contribution in [-0.4, -0.2) is 36.5 Å². The first-order chi connectivity index (χ1) is 8.10. The van der Waals surface area contributed by atoms with Crippen molar-refractivity contribution in [1.82, 2.24) is 0 Å². The summed E-state index contributed by atoms with van der Waals surface area (Å²) in [5.41, 5.74) is 2.76. The van der Waals surface area contributed by atoms with Gasteiger partial charge in [-0.15, -0.1) is 0 Å². The number of benzene rings is 1. The molecule has 17 heavy (non-hydrogen) atoms. The zero-order valence-electron chi connectivity index (χ0n) is 10.3. The van der Waals surface area contributed by atoms with Gasteiger partial charge in [-0.2, -0.15) is 0 Å². The van der Waals surface area contributed by atoms with E-state index in [0.717, 1.165) is 11.1 Å². The summed E-state index contributed by atoms with van der Waals surface area (Å²) in [4.78, 5) is 15.5. The van der Waals surface area contributed by atoms with Crippen molar-refractivity contribution < 1.29 is 14.6 Å². The van der Waals surface area contributed by atoms with Gasteiger partial charge in [0.05, 0.1) is 13.7 Å². The third-order valence-corrected chi connectivity index (χ3v) is 2.53. The van der Waals surface area contributed by atoms with Crippen molar-refractivity contribution >= 4 is 11.7 Å². The van der Waals surface area contributed by atoms with E-state index in [0.29, 0.717) is 5.71 Å². The lowest BCUT2D eigenvalue weighted by molar-refractivity contribution is -0.142. The van der Waals surface area contributed by atoms with Gasteiger partial charge < -0.3 is 9.84 Å². The largest absolute Gasteiger partial charge is 0.467 e. The highest BCUT2D eigenvalue weighted by Gasteiger charge is 2.17. The van der Waals surface area contributed by atoms with Crippen LogP contribution in [-0.2, 0) is 9.53 Å². The Bertz CT molecular complexity index is 426. The molecule has 0 fully saturated rings. The second kappa shape index (κ2) is 6.15. The Morgan fingerprint density at radius 3 is 2.65 bits per heavy atom. The fourth-order valence-corrected chi connectivity index (χ4v) is 1.59. The highest BCUT2D eigenvalue weighted by molar-refractivity contribution is 6.01. The molecule has 0 radical (unpaired) electrons. The molecule has 0 saturated heterocycles. The zero-order valence-corrected chi connectivity index (χ0v) is 10.3. The molecule has 0 saturated carbocycles. The van der Waals surface area contributed by atoms with Crippen LogP contribution in [0, 0.1) is 6.92 Å². The van der Waals surface area contributed by atoms with Crippen LogP contribution in [0.4, 0.5) is 0 Å². The molecule has 0 amide bonds. The number of nitrogens with zero attached hydrogens (tertiary/aromatic N) is 1. The summed E-state index contributed by atoms with van der Waals surface area (Å²) in [6, 6.07) is 6.91. The number of carbonyl (C=O) groups is 1. The van der Waals surface area contributed by atoms with Gasteiger partial charge in [0.1, 0.15) is 0 Å². The Morgan fingerprint density at radius 2 is 2.12 bits per heavy atom. The van der Waals surface area contributed by atoms with Gasteiger partial charge >= 0.3 is 5.97 Å². The molecule has 92 valence electrons. The number of esters is 1. The third kappa shape index (κ3) is 3.39. The molecule has 0 aliphatic rings. The molecule has 0 aliphatic carbocycles. The highest BCUT2D eigenvalue weighted by Crippen LogP contribution is 2.09. The van der Waals surface area contributed by atoms with Crippen LogP contribution in [0.5, 0.6) is 0 Å². The average molecular weight is 235 g/mol. The summed E-state index contributed by atoms with van der Waals surface area (Å²) in [6.45, 7) is 3.43. The molecule has 1 atom stereocenters. The van der Waals surface area contributed by atoms with E-state index in [1.54, 1.807) is 0 Å². The van der Waals surface area contributed by atoms with Crippen molar-refractivity contribution in [3.05, 3.63) is 35.4 Å². The molecular weight excluding hydrogens is 218 g/mol. The fraction of sp³-hybridized carbons (Fsp3) is 0.385. The zero-order chi connectivity index (χ0) is 12.8. The van der Waals surface area contributed by atoms with Crippen LogP contribution >= 0.6 is 0 Å². The maximum atomic E-state index is 11.3. The Morgan fingerprint density at radius 1 is 1.47 bits per heavy atom. The van der Waals surface area contributed by atoms with E-state index < -0.39 is 12.0 Å². The lowest BCUT2D eigenvalue weighted by atomic mass is 10.1. The molecule has 4 heteroatoms. The van der Waals surface area contributed by atoms with E-state index in [-0.39, 0.29) is 6.61 Å². The van der Waals surface area contributed by atoms with Crippen LogP contribution in [0.1, 0.15) is 18.1 Å². The maximum Gasteiger partial charge on any atom is 0.333 e. The third-order valence-electron chi connectivity index (χ3n) is 2.53. The predicted molar refractivity (Wildman–Crippen MR) is 66.3 cm³/mol. The van der Waals surface area contributed by atoms with Crippen molar-refractivity contribution in [2.24, 2.45) is 4.99 Å². The van der Waals surface area contributed by atoms with Gasteiger partial charge in [0.2, 0.25) is 0 Å². The number of aliphatic hydroxyl groups is 1. The Balaban J connectivity index is 2.99. The first kappa shape index (κ1) is 13.4. The highest BCUT2D eigenvalue weighted by atomic mass is 16.5. The number of methoxy groups -OCH3 is 1. The predicted octanol–water partition coefficient (Wildman–Crippen LogP) is 1.34. The second-order valence-electron chi connectivity index (χ2n) is 3.75. The van der Waals surface area contributed by atoms with Gasteiger partial charge in [-0.1, -0.05) is 24.3 Å². The Hall–Kier alpha value is -1.68. The average Bonchev–Trinajstić information content (AvgIpc) is 2.35.